The highest BCUT2D eigenvalue weighted by atomic mass is 35.5. The van der Waals surface area contributed by atoms with Gasteiger partial charge in [0.25, 0.3) is 5.91 Å². The zero-order valence-corrected chi connectivity index (χ0v) is 12.8. The lowest BCUT2D eigenvalue weighted by atomic mass is 10.1. The largest absolute Gasteiger partial charge is 0.497 e. The molecule has 21 heavy (non-hydrogen) atoms. The average Bonchev–Trinajstić information content (AvgIpc) is 2.47. The fraction of sp³-hybridized carbons (Fsp3) is 0.250. The van der Waals surface area contributed by atoms with Gasteiger partial charge in [-0.3, -0.25) is 4.79 Å². The molecular weight excluding hydrogens is 288 g/mol. The van der Waals surface area contributed by atoms with E-state index >= 15 is 0 Å². The number of rotatable bonds is 5. The van der Waals surface area contributed by atoms with Crippen LogP contribution < -0.4 is 10.1 Å². The van der Waals surface area contributed by atoms with E-state index < -0.39 is 0 Å². The van der Waals surface area contributed by atoms with E-state index in [9.17, 15) is 4.79 Å². The van der Waals surface area contributed by atoms with Gasteiger partial charge in [0.05, 0.1) is 7.11 Å². The number of hydrogen-bond donors (Lipinski definition) is 1. The maximum absolute atomic E-state index is 12.0. The molecule has 0 atom stereocenters. The molecule has 5 heteroatoms. The van der Waals surface area contributed by atoms with Gasteiger partial charge in [0.15, 0.2) is 0 Å². The van der Waals surface area contributed by atoms with Crippen LogP contribution in [0.3, 0.4) is 0 Å². The van der Waals surface area contributed by atoms with E-state index in [1.165, 1.54) is 0 Å². The van der Waals surface area contributed by atoms with Crippen LogP contribution in [-0.2, 0) is 6.42 Å². The summed E-state index contributed by atoms with van der Waals surface area (Å²) in [6.45, 7) is 2.37. The second-order valence-electron chi connectivity index (χ2n) is 4.67. The number of hydrogen-bond acceptors (Lipinski definition) is 3. The van der Waals surface area contributed by atoms with Crippen LogP contribution in [0.25, 0.3) is 0 Å². The highest BCUT2D eigenvalue weighted by molar-refractivity contribution is 6.29. The zero-order chi connectivity index (χ0) is 15.2. The maximum Gasteiger partial charge on any atom is 0.251 e. The number of aromatic nitrogens is 1. The predicted octanol–water partition coefficient (Wildman–Crippen LogP) is 3.02. The number of amides is 1. The van der Waals surface area contributed by atoms with Crippen molar-refractivity contribution in [1.82, 2.24) is 10.3 Å². The van der Waals surface area contributed by atoms with Crippen molar-refractivity contribution in [2.75, 3.05) is 13.7 Å². The van der Waals surface area contributed by atoms with E-state index in [4.69, 9.17) is 16.3 Å². The van der Waals surface area contributed by atoms with Crippen LogP contribution in [0.5, 0.6) is 5.75 Å². The van der Waals surface area contributed by atoms with Crippen molar-refractivity contribution in [2.45, 2.75) is 13.3 Å². The van der Waals surface area contributed by atoms with Gasteiger partial charge in [0, 0.05) is 17.8 Å². The minimum absolute atomic E-state index is 0.143. The monoisotopic (exact) mass is 304 g/mol. The van der Waals surface area contributed by atoms with Crippen LogP contribution >= 0.6 is 11.6 Å². The minimum Gasteiger partial charge on any atom is -0.497 e. The number of nitrogens with one attached hydrogen (secondary N) is 1. The molecule has 2 rings (SSSR count). The van der Waals surface area contributed by atoms with Gasteiger partial charge in [-0.2, -0.15) is 0 Å². The molecule has 0 radical (unpaired) electrons. The summed E-state index contributed by atoms with van der Waals surface area (Å²) in [7, 11) is 1.64. The number of carbonyl (C=O) groups excluding carboxylic acids is 1. The molecular formula is C16H17ClN2O2. The highest BCUT2D eigenvalue weighted by Crippen LogP contribution is 2.12. The van der Waals surface area contributed by atoms with Gasteiger partial charge in [-0.1, -0.05) is 23.7 Å². The van der Waals surface area contributed by atoms with Crippen LogP contribution in [0.1, 0.15) is 21.6 Å². The van der Waals surface area contributed by atoms with Gasteiger partial charge >= 0.3 is 0 Å². The summed E-state index contributed by atoms with van der Waals surface area (Å²) < 4.78 is 5.10. The first-order valence-corrected chi connectivity index (χ1v) is 7.01. The molecule has 0 bridgehead atoms. The molecule has 0 fully saturated rings. The molecule has 1 heterocycles. The lowest BCUT2D eigenvalue weighted by molar-refractivity contribution is 0.0954. The molecule has 1 N–H and O–H groups in total. The minimum atomic E-state index is -0.143. The maximum atomic E-state index is 12.0. The quantitative estimate of drug-likeness (QED) is 0.864. The number of halogens is 1. The number of benzene rings is 1. The second-order valence-corrected chi connectivity index (χ2v) is 5.06. The Bertz CT molecular complexity index is 606. The van der Waals surface area contributed by atoms with Crippen molar-refractivity contribution >= 4 is 17.5 Å². The van der Waals surface area contributed by atoms with Crippen LogP contribution in [0.15, 0.2) is 36.4 Å². The number of pyridine rings is 1. The molecule has 0 unspecified atom stereocenters. The van der Waals surface area contributed by atoms with E-state index in [1.807, 2.05) is 24.3 Å². The molecule has 0 aliphatic heterocycles. The average molecular weight is 305 g/mol. The molecule has 2 aromatic rings. The van der Waals surface area contributed by atoms with Crippen LogP contribution in [-0.4, -0.2) is 24.5 Å². The molecule has 110 valence electrons. The van der Waals surface area contributed by atoms with E-state index in [1.54, 1.807) is 26.2 Å². The number of ether oxygens (including phenoxy) is 1. The zero-order valence-electron chi connectivity index (χ0n) is 12.0. The molecule has 1 aromatic carbocycles. The Kier molecular flexibility index (Phi) is 5.17. The predicted molar refractivity (Wildman–Crippen MR) is 83.0 cm³/mol. The van der Waals surface area contributed by atoms with Gasteiger partial charge in [0.1, 0.15) is 10.9 Å². The van der Waals surface area contributed by atoms with Gasteiger partial charge in [-0.15, -0.1) is 0 Å². The lowest BCUT2D eigenvalue weighted by Gasteiger charge is -2.07. The summed E-state index contributed by atoms with van der Waals surface area (Å²) in [4.78, 5) is 16.1. The Balaban J connectivity index is 1.88. The van der Waals surface area contributed by atoms with Crippen LogP contribution in [0.2, 0.25) is 5.15 Å². The fourth-order valence-corrected chi connectivity index (χ4v) is 2.22. The molecule has 0 spiro atoms. The number of nitrogens with zero attached hydrogens (tertiary/aromatic N) is 1. The van der Waals surface area contributed by atoms with Crippen LogP contribution in [0, 0.1) is 6.92 Å². The third-order valence-corrected chi connectivity index (χ3v) is 3.24. The van der Waals surface area contributed by atoms with Crippen molar-refractivity contribution in [1.29, 1.82) is 0 Å². The molecule has 0 saturated heterocycles. The normalized spacial score (nSPS) is 10.2. The molecule has 4 nitrogen and oxygen atoms in total. The fourth-order valence-electron chi connectivity index (χ4n) is 1.97. The summed E-state index contributed by atoms with van der Waals surface area (Å²) in [5.41, 5.74) is 2.39. The van der Waals surface area contributed by atoms with Crippen molar-refractivity contribution in [3.8, 4) is 5.75 Å². The summed E-state index contributed by atoms with van der Waals surface area (Å²) >= 11 is 5.85. The lowest BCUT2D eigenvalue weighted by Crippen LogP contribution is -2.25. The highest BCUT2D eigenvalue weighted by Gasteiger charge is 2.07. The first-order valence-electron chi connectivity index (χ1n) is 6.64. The second kappa shape index (κ2) is 7.09. The summed E-state index contributed by atoms with van der Waals surface area (Å²) in [5.74, 6) is 0.681. The Morgan fingerprint density at radius 2 is 2.00 bits per heavy atom. The van der Waals surface area contributed by atoms with Gasteiger partial charge in [-0.05, 0) is 43.2 Å². The molecule has 0 saturated carbocycles. The van der Waals surface area contributed by atoms with E-state index in [2.05, 4.69) is 10.3 Å². The molecule has 1 amide bonds. The standard InChI is InChI=1S/C16H17ClN2O2/c1-11-9-13(10-15(17)19-11)16(20)18-8-7-12-3-5-14(21-2)6-4-12/h3-6,9-10H,7-8H2,1-2H3,(H,18,20). The van der Waals surface area contributed by atoms with Crippen LogP contribution in [0.4, 0.5) is 0 Å². The van der Waals surface area contributed by atoms with Crippen molar-refractivity contribution in [3.05, 3.63) is 58.4 Å². The Morgan fingerprint density at radius 3 is 2.62 bits per heavy atom. The van der Waals surface area contributed by atoms with E-state index in [0.717, 1.165) is 23.4 Å². The first-order chi connectivity index (χ1) is 10.1. The number of aryl methyl sites for hydroxylation is 1. The summed E-state index contributed by atoms with van der Waals surface area (Å²) in [5, 5.41) is 3.20. The van der Waals surface area contributed by atoms with Crippen molar-refractivity contribution < 1.29 is 9.53 Å². The van der Waals surface area contributed by atoms with Gasteiger partial charge in [-0.25, -0.2) is 4.98 Å². The summed E-state index contributed by atoms with van der Waals surface area (Å²) in [6.07, 6.45) is 0.757. The Hall–Kier alpha value is -2.07. The number of carbonyl (C=O) groups is 1. The third kappa shape index (κ3) is 4.46. The smallest absolute Gasteiger partial charge is 0.251 e. The Morgan fingerprint density at radius 1 is 1.29 bits per heavy atom. The molecule has 0 aliphatic carbocycles. The van der Waals surface area contributed by atoms with Gasteiger partial charge < -0.3 is 10.1 Å². The first kappa shape index (κ1) is 15.3. The molecule has 1 aromatic heterocycles. The summed E-state index contributed by atoms with van der Waals surface area (Å²) in [6, 6.07) is 11.1. The van der Waals surface area contributed by atoms with Crippen molar-refractivity contribution in [3.63, 3.8) is 0 Å². The number of methoxy groups -OCH3 is 1. The SMILES string of the molecule is COc1ccc(CCNC(=O)c2cc(C)nc(Cl)c2)cc1. The Labute approximate surface area is 129 Å². The molecule has 0 aliphatic rings. The third-order valence-electron chi connectivity index (χ3n) is 3.04. The van der Waals surface area contributed by atoms with Gasteiger partial charge in [0.2, 0.25) is 0 Å². The van der Waals surface area contributed by atoms with E-state index in [-0.39, 0.29) is 5.91 Å². The van der Waals surface area contributed by atoms with E-state index in [0.29, 0.717) is 17.3 Å². The van der Waals surface area contributed by atoms with Crippen molar-refractivity contribution in [2.24, 2.45) is 0 Å². The topological polar surface area (TPSA) is 51.2 Å².